The second-order valence-corrected chi connectivity index (χ2v) is 11.3. The molecule has 0 aliphatic carbocycles. The van der Waals surface area contributed by atoms with Gasteiger partial charge in [0.15, 0.2) is 0 Å². The van der Waals surface area contributed by atoms with Crippen LogP contribution >= 0.6 is 0 Å². The molecule has 2 aliphatic rings. The molecule has 180 valence electrons. The van der Waals surface area contributed by atoms with E-state index in [9.17, 15) is 8.60 Å². The lowest BCUT2D eigenvalue weighted by Crippen LogP contribution is -2.23. The smallest absolute Gasteiger partial charge is 0.149 e. The molecule has 2 atom stereocenters. The Labute approximate surface area is 198 Å². The number of methoxy groups -OCH3 is 1. The van der Waals surface area contributed by atoms with Crippen LogP contribution in [0.2, 0.25) is 0 Å². The van der Waals surface area contributed by atoms with E-state index in [1.165, 1.54) is 18.5 Å². The number of benzene rings is 2. The molecule has 0 radical (unpaired) electrons. The van der Waals surface area contributed by atoms with Crippen LogP contribution < -0.4 is 14.8 Å². The molecule has 2 saturated heterocycles. The molecule has 2 aliphatic heterocycles. The van der Waals surface area contributed by atoms with Crippen LogP contribution in [0.15, 0.2) is 35.0 Å². The average Bonchev–Trinajstić information content (AvgIpc) is 3.19. The van der Waals surface area contributed by atoms with E-state index in [0.29, 0.717) is 58.9 Å². The van der Waals surface area contributed by atoms with Crippen molar-refractivity contribution in [1.82, 2.24) is 9.97 Å². The Kier molecular flexibility index (Phi) is 6.03. The number of halogens is 1. The molecule has 1 N–H and O–H groups in total. The maximum absolute atomic E-state index is 14.1. The van der Waals surface area contributed by atoms with Crippen molar-refractivity contribution in [3.8, 4) is 11.5 Å². The Bertz CT molecular complexity index is 1360. The fourth-order valence-corrected chi connectivity index (χ4v) is 5.70. The minimum absolute atomic E-state index is 0.163. The lowest BCUT2D eigenvalue weighted by Gasteiger charge is -2.21. The van der Waals surface area contributed by atoms with Crippen LogP contribution in [0.25, 0.3) is 10.9 Å². The molecule has 0 amide bonds. The number of ether oxygens (including phenoxy) is 3. The zero-order chi connectivity index (χ0) is 23.9. The standard InChI is InChI=1S/C24H27FN4O4S/c1-14-11-32-12-21(14)33-20-9-16(25)5-6-17(20)28-24-22-15(2)23(31-3)19(10-18(22)26-13-27-24)29-34(30)7-4-8-34/h5-6,9-10,13-14,21H,4,7-8,11-12H2,1-3H3,(H,26,27,28)/t14-,21-/m0/s1. The third-order valence-corrected chi connectivity index (χ3v) is 8.65. The monoisotopic (exact) mass is 486 g/mol. The molecule has 5 rings (SSSR count). The van der Waals surface area contributed by atoms with Crippen molar-refractivity contribution in [3.63, 3.8) is 0 Å². The summed E-state index contributed by atoms with van der Waals surface area (Å²) in [7, 11) is -0.657. The highest BCUT2D eigenvalue weighted by Crippen LogP contribution is 2.41. The van der Waals surface area contributed by atoms with Gasteiger partial charge in [0.05, 0.1) is 41.3 Å². The van der Waals surface area contributed by atoms with Gasteiger partial charge in [-0.05, 0) is 31.5 Å². The molecule has 0 unspecified atom stereocenters. The van der Waals surface area contributed by atoms with Crippen molar-refractivity contribution in [3.05, 3.63) is 42.0 Å². The largest absolute Gasteiger partial charge is 0.494 e. The predicted molar refractivity (Wildman–Crippen MR) is 129 cm³/mol. The minimum atomic E-state index is -2.22. The average molecular weight is 487 g/mol. The van der Waals surface area contributed by atoms with Crippen LogP contribution in [0.5, 0.6) is 11.5 Å². The van der Waals surface area contributed by atoms with Crippen molar-refractivity contribution < 1.29 is 22.8 Å². The number of fused-ring (bicyclic) bond motifs is 1. The second-order valence-electron chi connectivity index (χ2n) is 8.73. The number of anilines is 2. The highest BCUT2D eigenvalue weighted by Gasteiger charge is 2.27. The summed E-state index contributed by atoms with van der Waals surface area (Å²) in [5.41, 5.74) is 2.51. The van der Waals surface area contributed by atoms with Gasteiger partial charge in [-0.3, -0.25) is 0 Å². The zero-order valence-corrected chi connectivity index (χ0v) is 20.2. The van der Waals surface area contributed by atoms with Crippen molar-refractivity contribution in [2.75, 3.05) is 37.1 Å². The van der Waals surface area contributed by atoms with Gasteiger partial charge in [-0.15, -0.1) is 0 Å². The molecule has 3 aromatic rings. The molecule has 0 saturated carbocycles. The maximum Gasteiger partial charge on any atom is 0.149 e. The highest BCUT2D eigenvalue weighted by atomic mass is 32.2. The van der Waals surface area contributed by atoms with Gasteiger partial charge in [0, 0.05) is 34.4 Å². The van der Waals surface area contributed by atoms with Gasteiger partial charge in [0.25, 0.3) is 0 Å². The van der Waals surface area contributed by atoms with E-state index in [1.54, 1.807) is 19.2 Å². The summed E-state index contributed by atoms with van der Waals surface area (Å²) >= 11 is 0. The van der Waals surface area contributed by atoms with Crippen molar-refractivity contribution in [2.45, 2.75) is 26.4 Å². The fourth-order valence-electron chi connectivity index (χ4n) is 4.24. The van der Waals surface area contributed by atoms with E-state index in [4.69, 9.17) is 14.2 Å². The van der Waals surface area contributed by atoms with Gasteiger partial charge in [0.2, 0.25) is 0 Å². The van der Waals surface area contributed by atoms with Gasteiger partial charge in [-0.2, -0.15) is 4.36 Å². The highest BCUT2D eigenvalue weighted by molar-refractivity contribution is 7.95. The van der Waals surface area contributed by atoms with Gasteiger partial charge in [-0.1, -0.05) is 6.92 Å². The molecule has 3 heterocycles. The molecule has 2 aromatic carbocycles. The van der Waals surface area contributed by atoms with Gasteiger partial charge in [0.1, 0.15) is 41.3 Å². The summed E-state index contributed by atoms with van der Waals surface area (Å²) in [5.74, 6) is 2.44. The first-order valence-corrected chi connectivity index (χ1v) is 13.1. The molecular weight excluding hydrogens is 459 g/mol. The van der Waals surface area contributed by atoms with E-state index in [1.807, 2.05) is 13.8 Å². The Morgan fingerprint density at radius 3 is 2.74 bits per heavy atom. The van der Waals surface area contributed by atoms with Gasteiger partial charge in [-0.25, -0.2) is 18.6 Å². The van der Waals surface area contributed by atoms with Crippen molar-refractivity contribution in [1.29, 1.82) is 0 Å². The number of hydrogen-bond donors (Lipinski definition) is 1. The molecule has 8 nitrogen and oxygen atoms in total. The molecule has 0 bridgehead atoms. The molecular formula is C24H27FN4O4S. The van der Waals surface area contributed by atoms with Crippen LogP contribution in [-0.4, -0.2) is 52.1 Å². The Hall–Kier alpha value is -2.98. The summed E-state index contributed by atoms with van der Waals surface area (Å²) in [6, 6.07) is 6.12. The summed E-state index contributed by atoms with van der Waals surface area (Å²) in [4.78, 5) is 8.86. The number of aromatic nitrogens is 2. The van der Waals surface area contributed by atoms with E-state index >= 15 is 0 Å². The lowest BCUT2D eigenvalue weighted by atomic mass is 10.1. The van der Waals surface area contributed by atoms with Crippen LogP contribution in [-0.2, 0) is 14.5 Å². The maximum atomic E-state index is 14.1. The summed E-state index contributed by atoms with van der Waals surface area (Å²) in [5, 5.41) is 4.02. The Morgan fingerprint density at radius 1 is 1.24 bits per heavy atom. The molecule has 34 heavy (non-hydrogen) atoms. The van der Waals surface area contributed by atoms with E-state index in [2.05, 4.69) is 19.6 Å². The lowest BCUT2D eigenvalue weighted by molar-refractivity contribution is 0.138. The van der Waals surface area contributed by atoms with Crippen molar-refractivity contribution >= 4 is 37.8 Å². The quantitative estimate of drug-likeness (QED) is 0.537. The van der Waals surface area contributed by atoms with Crippen LogP contribution in [0.3, 0.4) is 0 Å². The molecule has 2 fully saturated rings. The molecule has 10 heteroatoms. The summed E-state index contributed by atoms with van der Waals surface area (Å²) in [6.45, 7) is 5.00. The van der Waals surface area contributed by atoms with Crippen molar-refractivity contribution in [2.24, 2.45) is 10.3 Å². The predicted octanol–water partition coefficient (Wildman–Crippen LogP) is 4.75. The first-order chi connectivity index (χ1) is 16.4. The second kappa shape index (κ2) is 8.99. The van der Waals surface area contributed by atoms with E-state index < -0.39 is 15.5 Å². The van der Waals surface area contributed by atoms with E-state index in [-0.39, 0.29) is 12.0 Å². The third-order valence-electron chi connectivity index (χ3n) is 6.27. The topological polar surface area (TPSA) is 94.9 Å². The van der Waals surface area contributed by atoms with Gasteiger partial charge < -0.3 is 19.5 Å². The summed E-state index contributed by atoms with van der Waals surface area (Å²) in [6.07, 6.45) is 2.20. The van der Waals surface area contributed by atoms with Crippen LogP contribution in [0.4, 0.5) is 21.6 Å². The van der Waals surface area contributed by atoms with Crippen LogP contribution in [0, 0.1) is 18.7 Å². The SMILES string of the molecule is COc1c(N=S2(=O)CCC2)cc2ncnc(Nc3ccc(F)cc3O[C@H]3COC[C@@H]3C)c2c1C. The van der Waals surface area contributed by atoms with Crippen LogP contribution in [0.1, 0.15) is 18.9 Å². The number of nitrogens with zero attached hydrogens (tertiary/aromatic N) is 3. The third kappa shape index (κ3) is 4.27. The first-order valence-electron chi connectivity index (χ1n) is 11.2. The Morgan fingerprint density at radius 2 is 2.06 bits per heavy atom. The zero-order valence-electron chi connectivity index (χ0n) is 19.3. The molecule has 0 spiro atoms. The minimum Gasteiger partial charge on any atom is -0.494 e. The number of hydrogen-bond acceptors (Lipinski definition) is 8. The van der Waals surface area contributed by atoms with E-state index in [0.717, 1.165) is 17.4 Å². The first kappa shape index (κ1) is 22.8. The number of rotatable bonds is 6. The van der Waals surface area contributed by atoms with Gasteiger partial charge >= 0.3 is 0 Å². The normalized spacial score (nSPS) is 21.2. The number of aryl methyl sites for hydroxylation is 1. The number of nitrogens with one attached hydrogen (secondary N) is 1. The summed E-state index contributed by atoms with van der Waals surface area (Å²) < 4.78 is 48.6. The Balaban J connectivity index is 1.57. The molecule has 1 aromatic heterocycles. The fraction of sp³-hybridized carbons (Fsp3) is 0.417.